The highest BCUT2D eigenvalue weighted by Gasteiger charge is 2.03. The summed E-state index contributed by atoms with van der Waals surface area (Å²) in [6.45, 7) is 3.06. The molecule has 0 N–H and O–H groups in total. The van der Waals surface area contributed by atoms with Crippen LogP contribution >= 0.6 is 11.6 Å². The second kappa shape index (κ2) is 4.38. The molecule has 1 aromatic carbocycles. The van der Waals surface area contributed by atoms with Crippen LogP contribution in [0.4, 0.5) is 5.69 Å². The summed E-state index contributed by atoms with van der Waals surface area (Å²) in [4.78, 5) is 2.12. The largest absolute Gasteiger partial charge is 0.495 e. The molecule has 0 atom stereocenters. The number of benzene rings is 1. The number of hydrogen-bond acceptors (Lipinski definition) is 2. The molecule has 72 valence electrons. The van der Waals surface area contributed by atoms with Gasteiger partial charge >= 0.3 is 0 Å². The van der Waals surface area contributed by atoms with Crippen molar-refractivity contribution in [1.82, 2.24) is 0 Å². The second-order valence-corrected chi connectivity index (χ2v) is 3.24. The Balaban J connectivity index is 2.95. The molecule has 0 spiro atoms. The monoisotopic (exact) mass is 199 g/mol. The highest BCUT2D eigenvalue weighted by molar-refractivity contribution is 6.32. The van der Waals surface area contributed by atoms with E-state index in [0.717, 1.165) is 18.0 Å². The predicted molar refractivity (Wildman–Crippen MR) is 56.9 cm³/mol. The van der Waals surface area contributed by atoms with E-state index in [4.69, 9.17) is 16.3 Å². The zero-order chi connectivity index (χ0) is 9.84. The fraction of sp³-hybridized carbons (Fsp3) is 0.400. The third kappa shape index (κ3) is 2.28. The molecule has 0 saturated carbocycles. The van der Waals surface area contributed by atoms with E-state index >= 15 is 0 Å². The third-order valence-corrected chi connectivity index (χ3v) is 2.35. The highest BCUT2D eigenvalue weighted by Crippen LogP contribution is 2.28. The predicted octanol–water partition coefficient (Wildman–Crippen LogP) is 2.80. The van der Waals surface area contributed by atoms with Crippen LogP contribution in [0.5, 0.6) is 5.75 Å². The maximum Gasteiger partial charge on any atom is 0.137 e. The van der Waals surface area contributed by atoms with Gasteiger partial charge in [-0.25, -0.2) is 0 Å². The molecule has 0 aromatic heterocycles. The lowest BCUT2D eigenvalue weighted by Gasteiger charge is -2.17. The summed E-state index contributed by atoms with van der Waals surface area (Å²) in [6, 6.07) is 5.78. The van der Waals surface area contributed by atoms with Crippen molar-refractivity contribution in [2.45, 2.75) is 6.92 Å². The van der Waals surface area contributed by atoms with Gasteiger partial charge in [-0.05, 0) is 25.1 Å². The van der Waals surface area contributed by atoms with Gasteiger partial charge in [-0.3, -0.25) is 0 Å². The van der Waals surface area contributed by atoms with Gasteiger partial charge in [0.2, 0.25) is 0 Å². The molecule has 13 heavy (non-hydrogen) atoms. The van der Waals surface area contributed by atoms with Gasteiger partial charge in [0.25, 0.3) is 0 Å². The molecule has 2 nitrogen and oxygen atoms in total. The highest BCUT2D eigenvalue weighted by atomic mass is 35.5. The molecule has 0 fully saturated rings. The molecular weight excluding hydrogens is 186 g/mol. The van der Waals surface area contributed by atoms with Crippen molar-refractivity contribution < 1.29 is 4.74 Å². The fourth-order valence-electron chi connectivity index (χ4n) is 1.08. The number of anilines is 1. The summed E-state index contributed by atoms with van der Waals surface area (Å²) < 4.78 is 5.06. The van der Waals surface area contributed by atoms with E-state index in [9.17, 15) is 0 Å². The van der Waals surface area contributed by atoms with Gasteiger partial charge in [-0.15, -0.1) is 0 Å². The first-order chi connectivity index (χ1) is 6.19. The Hall–Kier alpha value is -0.890. The molecule has 1 aromatic rings. The Morgan fingerprint density at radius 1 is 1.46 bits per heavy atom. The first-order valence-corrected chi connectivity index (χ1v) is 4.61. The van der Waals surface area contributed by atoms with E-state index in [1.807, 2.05) is 25.2 Å². The summed E-state index contributed by atoms with van der Waals surface area (Å²) in [5.74, 6) is 0.718. The molecule has 0 bridgehead atoms. The summed E-state index contributed by atoms with van der Waals surface area (Å²) >= 11 is 5.98. The molecule has 0 aliphatic carbocycles. The van der Waals surface area contributed by atoms with Gasteiger partial charge in [0.15, 0.2) is 0 Å². The van der Waals surface area contributed by atoms with Crippen LogP contribution in [0.25, 0.3) is 0 Å². The quantitative estimate of drug-likeness (QED) is 0.743. The number of nitrogens with zero attached hydrogens (tertiary/aromatic N) is 1. The molecule has 0 radical (unpaired) electrons. The molecule has 1 rings (SSSR count). The van der Waals surface area contributed by atoms with Crippen LogP contribution in [0.3, 0.4) is 0 Å². The maximum absolute atomic E-state index is 5.98. The molecular formula is C10H14ClNO. The SMILES string of the molecule is CCN(C)c1ccc(OC)c(Cl)c1. The molecule has 0 unspecified atom stereocenters. The Morgan fingerprint density at radius 2 is 2.15 bits per heavy atom. The van der Waals surface area contributed by atoms with Crippen molar-refractivity contribution in [3.05, 3.63) is 23.2 Å². The lowest BCUT2D eigenvalue weighted by molar-refractivity contribution is 0.415. The lowest BCUT2D eigenvalue weighted by Crippen LogP contribution is -2.15. The molecule has 0 aliphatic rings. The number of rotatable bonds is 3. The van der Waals surface area contributed by atoms with E-state index in [0.29, 0.717) is 5.02 Å². The van der Waals surface area contributed by atoms with E-state index in [-0.39, 0.29) is 0 Å². The van der Waals surface area contributed by atoms with Crippen LogP contribution in [0.2, 0.25) is 5.02 Å². The summed E-state index contributed by atoms with van der Waals surface area (Å²) in [6.07, 6.45) is 0. The number of hydrogen-bond donors (Lipinski definition) is 0. The van der Waals surface area contributed by atoms with Crippen LogP contribution in [0.15, 0.2) is 18.2 Å². The number of ether oxygens (including phenoxy) is 1. The van der Waals surface area contributed by atoms with E-state index in [2.05, 4.69) is 11.8 Å². The summed E-state index contributed by atoms with van der Waals surface area (Å²) in [5.41, 5.74) is 1.10. The molecule has 0 heterocycles. The Bertz CT molecular complexity index is 288. The fourth-order valence-corrected chi connectivity index (χ4v) is 1.33. The van der Waals surface area contributed by atoms with Crippen molar-refractivity contribution in [3.63, 3.8) is 0 Å². The van der Waals surface area contributed by atoms with Crippen molar-refractivity contribution in [1.29, 1.82) is 0 Å². The number of halogens is 1. The van der Waals surface area contributed by atoms with E-state index in [1.54, 1.807) is 7.11 Å². The van der Waals surface area contributed by atoms with E-state index in [1.165, 1.54) is 0 Å². The normalized spacial score (nSPS) is 9.85. The van der Waals surface area contributed by atoms with Gasteiger partial charge in [-0.2, -0.15) is 0 Å². The zero-order valence-electron chi connectivity index (χ0n) is 8.17. The van der Waals surface area contributed by atoms with Crippen molar-refractivity contribution in [2.24, 2.45) is 0 Å². The van der Waals surface area contributed by atoms with Gasteiger partial charge in [0, 0.05) is 19.3 Å². The average Bonchev–Trinajstić information content (AvgIpc) is 2.16. The Kier molecular flexibility index (Phi) is 3.43. The summed E-state index contributed by atoms with van der Waals surface area (Å²) in [7, 11) is 3.64. The average molecular weight is 200 g/mol. The van der Waals surface area contributed by atoms with E-state index < -0.39 is 0 Å². The lowest BCUT2D eigenvalue weighted by atomic mass is 10.3. The maximum atomic E-state index is 5.98. The molecule has 0 amide bonds. The zero-order valence-corrected chi connectivity index (χ0v) is 8.93. The first kappa shape index (κ1) is 10.2. The Morgan fingerprint density at radius 3 is 2.62 bits per heavy atom. The smallest absolute Gasteiger partial charge is 0.137 e. The van der Waals surface area contributed by atoms with Gasteiger partial charge in [-0.1, -0.05) is 11.6 Å². The van der Waals surface area contributed by atoms with Crippen LogP contribution in [0.1, 0.15) is 6.92 Å². The topological polar surface area (TPSA) is 12.5 Å². The van der Waals surface area contributed by atoms with Crippen LogP contribution < -0.4 is 9.64 Å². The Labute approximate surface area is 84.1 Å². The molecule has 0 saturated heterocycles. The molecule has 0 aliphatic heterocycles. The molecule has 3 heteroatoms. The second-order valence-electron chi connectivity index (χ2n) is 2.83. The van der Waals surface area contributed by atoms with Gasteiger partial charge in [0.1, 0.15) is 5.75 Å². The van der Waals surface area contributed by atoms with Crippen molar-refractivity contribution >= 4 is 17.3 Å². The van der Waals surface area contributed by atoms with Gasteiger partial charge in [0.05, 0.1) is 12.1 Å². The van der Waals surface area contributed by atoms with Crippen LogP contribution in [0, 0.1) is 0 Å². The minimum atomic E-state index is 0.653. The standard InChI is InChI=1S/C10H14ClNO/c1-4-12(2)8-5-6-10(13-3)9(11)7-8/h5-7H,4H2,1-3H3. The van der Waals surface area contributed by atoms with Crippen LogP contribution in [-0.2, 0) is 0 Å². The number of methoxy groups -OCH3 is 1. The van der Waals surface area contributed by atoms with Gasteiger partial charge < -0.3 is 9.64 Å². The van der Waals surface area contributed by atoms with Crippen molar-refractivity contribution in [3.8, 4) is 5.75 Å². The first-order valence-electron chi connectivity index (χ1n) is 4.23. The third-order valence-electron chi connectivity index (χ3n) is 2.05. The van der Waals surface area contributed by atoms with Crippen molar-refractivity contribution in [2.75, 3.05) is 25.6 Å². The summed E-state index contributed by atoms with van der Waals surface area (Å²) in [5, 5.41) is 0.653. The minimum Gasteiger partial charge on any atom is -0.495 e. The minimum absolute atomic E-state index is 0.653. The van der Waals surface area contributed by atoms with Crippen LogP contribution in [-0.4, -0.2) is 20.7 Å².